The molecule has 1 aromatic heterocycles. The van der Waals surface area contributed by atoms with E-state index in [0.717, 1.165) is 11.4 Å². The second kappa shape index (κ2) is 5.25. The van der Waals surface area contributed by atoms with Crippen molar-refractivity contribution in [1.29, 1.82) is 0 Å². The minimum Gasteiger partial charge on any atom is -0.360 e. The Kier molecular flexibility index (Phi) is 3.72. The van der Waals surface area contributed by atoms with Gasteiger partial charge in [0.15, 0.2) is 5.11 Å². The van der Waals surface area contributed by atoms with Crippen molar-refractivity contribution in [3.63, 3.8) is 0 Å². The second-order valence-corrected chi connectivity index (χ2v) is 4.66. The van der Waals surface area contributed by atoms with E-state index in [1.165, 1.54) is 25.7 Å². The maximum atomic E-state index is 5.27. The van der Waals surface area contributed by atoms with Gasteiger partial charge in [-0.25, -0.2) is 4.98 Å². The van der Waals surface area contributed by atoms with E-state index in [2.05, 4.69) is 15.6 Å². The molecule has 1 heterocycles. The predicted octanol–water partition coefficient (Wildman–Crippen LogP) is 2.62. The fraction of sp³-hybridized carbons (Fsp3) is 0.500. The van der Waals surface area contributed by atoms with Crippen molar-refractivity contribution in [3.05, 3.63) is 23.9 Å². The molecule has 1 aliphatic carbocycles. The monoisotopic (exact) mass is 235 g/mol. The molecule has 0 atom stereocenters. The SMILES string of the molecule is Cc1cccnc1NC(=S)NC1CCCC1. The van der Waals surface area contributed by atoms with Crippen LogP contribution >= 0.6 is 12.2 Å². The van der Waals surface area contributed by atoms with Crippen molar-refractivity contribution < 1.29 is 0 Å². The lowest BCUT2D eigenvalue weighted by atomic mass is 10.2. The van der Waals surface area contributed by atoms with Crippen LogP contribution in [-0.4, -0.2) is 16.1 Å². The van der Waals surface area contributed by atoms with Crippen molar-refractivity contribution in [2.75, 3.05) is 5.32 Å². The lowest BCUT2D eigenvalue weighted by molar-refractivity contribution is 0.634. The van der Waals surface area contributed by atoms with Gasteiger partial charge in [0.2, 0.25) is 0 Å². The number of aryl methyl sites for hydroxylation is 1. The Morgan fingerprint density at radius 1 is 1.44 bits per heavy atom. The van der Waals surface area contributed by atoms with E-state index in [4.69, 9.17) is 12.2 Å². The van der Waals surface area contributed by atoms with Gasteiger partial charge in [0, 0.05) is 12.2 Å². The molecule has 3 nitrogen and oxygen atoms in total. The number of hydrogen-bond donors (Lipinski definition) is 2. The van der Waals surface area contributed by atoms with Crippen molar-refractivity contribution >= 4 is 23.1 Å². The van der Waals surface area contributed by atoms with Crippen molar-refractivity contribution in [3.8, 4) is 0 Å². The maximum absolute atomic E-state index is 5.27. The number of thiocarbonyl (C=S) groups is 1. The highest BCUT2D eigenvalue weighted by Gasteiger charge is 2.15. The Morgan fingerprint density at radius 3 is 2.88 bits per heavy atom. The molecule has 0 spiro atoms. The molecule has 0 unspecified atom stereocenters. The number of nitrogens with one attached hydrogen (secondary N) is 2. The zero-order valence-corrected chi connectivity index (χ0v) is 10.3. The van der Waals surface area contributed by atoms with E-state index in [-0.39, 0.29) is 0 Å². The molecular formula is C12H17N3S. The molecule has 2 rings (SSSR count). The number of aromatic nitrogens is 1. The van der Waals surface area contributed by atoms with E-state index in [9.17, 15) is 0 Å². The first kappa shape index (κ1) is 11.3. The molecule has 0 amide bonds. The van der Waals surface area contributed by atoms with Crippen LogP contribution in [0.2, 0.25) is 0 Å². The van der Waals surface area contributed by atoms with Gasteiger partial charge in [-0.15, -0.1) is 0 Å². The van der Waals surface area contributed by atoms with Crippen LogP contribution in [0.4, 0.5) is 5.82 Å². The smallest absolute Gasteiger partial charge is 0.172 e. The van der Waals surface area contributed by atoms with Gasteiger partial charge >= 0.3 is 0 Å². The van der Waals surface area contributed by atoms with Crippen LogP contribution in [-0.2, 0) is 0 Å². The number of rotatable bonds is 2. The summed E-state index contributed by atoms with van der Waals surface area (Å²) in [6.45, 7) is 2.02. The molecular weight excluding hydrogens is 218 g/mol. The minimum absolute atomic E-state index is 0.545. The Labute approximate surface area is 102 Å². The summed E-state index contributed by atoms with van der Waals surface area (Å²) in [5.74, 6) is 0.845. The zero-order valence-electron chi connectivity index (χ0n) is 9.49. The molecule has 4 heteroatoms. The Bertz CT molecular complexity index is 372. The molecule has 0 aromatic carbocycles. The summed E-state index contributed by atoms with van der Waals surface area (Å²) in [4.78, 5) is 4.25. The summed E-state index contributed by atoms with van der Waals surface area (Å²) in [6, 6.07) is 4.49. The standard InChI is InChI=1S/C12H17N3S/c1-9-5-4-8-13-11(9)15-12(16)14-10-6-2-3-7-10/h4-5,8,10H,2-3,6-7H2,1H3,(H2,13,14,15,16). The highest BCUT2D eigenvalue weighted by Crippen LogP contribution is 2.18. The molecule has 0 saturated heterocycles. The highest BCUT2D eigenvalue weighted by molar-refractivity contribution is 7.80. The maximum Gasteiger partial charge on any atom is 0.172 e. The van der Waals surface area contributed by atoms with Gasteiger partial charge in [-0.05, 0) is 43.6 Å². The summed E-state index contributed by atoms with van der Waals surface area (Å²) in [5, 5.41) is 7.17. The fourth-order valence-corrected chi connectivity index (χ4v) is 2.28. The number of hydrogen-bond acceptors (Lipinski definition) is 2. The van der Waals surface area contributed by atoms with Gasteiger partial charge in [-0.1, -0.05) is 18.9 Å². The van der Waals surface area contributed by atoms with Crippen LogP contribution < -0.4 is 10.6 Å². The quantitative estimate of drug-likeness (QED) is 0.773. The van der Waals surface area contributed by atoms with Gasteiger partial charge in [-0.3, -0.25) is 0 Å². The fourth-order valence-electron chi connectivity index (χ4n) is 2.02. The normalized spacial score (nSPS) is 16.1. The molecule has 16 heavy (non-hydrogen) atoms. The first-order chi connectivity index (χ1) is 7.75. The Balaban J connectivity index is 1.89. The largest absolute Gasteiger partial charge is 0.360 e. The van der Waals surface area contributed by atoms with Gasteiger partial charge in [0.1, 0.15) is 5.82 Å². The van der Waals surface area contributed by atoms with Crippen molar-refractivity contribution in [2.24, 2.45) is 0 Å². The van der Waals surface area contributed by atoms with Crippen LogP contribution in [0.1, 0.15) is 31.2 Å². The van der Waals surface area contributed by atoms with E-state index in [1.807, 2.05) is 19.1 Å². The predicted molar refractivity (Wildman–Crippen MR) is 70.6 cm³/mol. The molecule has 86 valence electrons. The van der Waals surface area contributed by atoms with E-state index >= 15 is 0 Å². The number of nitrogens with zero attached hydrogens (tertiary/aromatic N) is 1. The molecule has 0 aliphatic heterocycles. The Morgan fingerprint density at radius 2 is 2.19 bits per heavy atom. The average molecular weight is 235 g/mol. The number of pyridine rings is 1. The van der Waals surface area contributed by atoms with Gasteiger partial charge in [-0.2, -0.15) is 0 Å². The lowest BCUT2D eigenvalue weighted by Crippen LogP contribution is -2.36. The lowest BCUT2D eigenvalue weighted by Gasteiger charge is -2.15. The third kappa shape index (κ3) is 2.92. The van der Waals surface area contributed by atoms with E-state index in [0.29, 0.717) is 11.2 Å². The summed E-state index contributed by atoms with van der Waals surface area (Å²) in [5.41, 5.74) is 1.11. The summed E-state index contributed by atoms with van der Waals surface area (Å²) < 4.78 is 0. The first-order valence-corrected chi connectivity index (χ1v) is 6.15. The molecule has 2 N–H and O–H groups in total. The van der Waals surface area contributed by atoms with Crippen molar-refractivity contribution in [2.45, 2.75) is 38.6 Å². The second-order valence-electron chi connectivity index (χ2n) is 4.25. The molecule has 1 aliphatic rings. The topological polar surface area (TPSA) is 37.0 Å². The minimum atomic E-state index is 0.545. The number of anilines is 1. The third-order valence-corrected chi connectivity index (χ3v) is 3.15. The molecule has 1 aromatic rings. The zero-order chi connectivity index (χ0) is 11.4. The van der Waals surface area contributed by atoms with Gasteiger partial charge in [0.25, 0.3) is 0 Å². The average Bonchev–Trinajstić information content (AvgIpc) is 2.74. The highest BCUT2D eigenvalue weighted by atomic mass is 32.1. The van der Waals surface area contributed by atoms with Gasteiger partial charge < -0.3 is 10.6 Å². The molecule has 0 bridgehead atoms. The van der Waals surface area contributed by atoms with E-state index in [1.54, 1.807) is 6.20 Å². The summed E-state index contributed by atoms with van der Waals surface area (Å²) >= 11 is 5.27. The Hall–Kier alpha value is -1.16. The summed E-state index contributed by atoms with van der Waals surface area (Å²) in [7, 11) is 0. The van der Waals surface area contributed by atoms with E-state index < -0.39 is 0 Å². The van der Waals surface area contributed by atoms with Crippen LogP contribution in [0.25, 0.3) is 0 Å². The van der Waals surface area contributed by atoms with Crippen LogP contribution in [0.15, 0.2) is 18.3 Å². The summed E-state index contributed by atoms with van der Waals surface area (Å²) in [6.07, 6.45) is 6.84. The van der Waals surface area contributed by atoms with Crippen LogP contribution in [0, 0.1) is 6.92 Å². The molecule has 1 fully saturated rings. The molecule has 0 radical (unpaired) electrons. The van der Waals surface area contributed by atoms with Crippen LogP contribution in [0.5, 0.6) is 0 Å². The third-order valence-electron chi connectivity index (χ3n) is 2.93. The van der Waals surface area contributed by atoms with Gasteiger partial charge in [0.05, 0.1) is 0 Å². The van der Waals surface area contributed by atoms with Crippen LogP contribution in [0.3, 0.4) is 0 Å². The first-order valence-electron chi connectivity index (χ1n) is 5.75. The molecule has 1 saturated carbocycles. The van der Waals surface area contributed by atoms with Crippen molar-refractivity contribution in [1.82, 2.24) is 10.3 Å².